The number of nitrogens with zero attached hydrogens (tertiary/aromatic N) is 2. The van der Waals surface area contributed by atoms with Gasteiger partial charge in [0, 0.05) is 18.3 Å². The summed E-state index contributed by atoms with van der Waals surface area (Å²) in [6.45, 7) is 2.33. The van der Waals surface area contributed by atoms with Crippen LogP contribution in [0.1, 0.15) is 11.3 Å². The first-order chi connectivity index (χ1) is 9.20. The fraction of sp³-hybridized carbons (Fsp3) is 0.133. The maximum Gasteiger partial charge on any atom is 0.137 e. The SMILES string of the molecule is Cc1nc2ccc(CN)cn2c1-c1ccccc1F. The molecular formula is C15H14FN3. The Morgan fingerprint density at radius 3 is 2.74 bits per heavy atom. The standard InChI is InChI=1S/C15H14FN3/c1-10-15(12-4-2-3-5-13(12)16)19-9-11(8-17)6-7-14(19)18-10/h2-7,9H,8,17H2,1H3. The fourth-order valence-electron chi connectivity index (χ4n) is 2.30. The largest absolute Gasteiger partial charge is 0.326 e. The number of nitrogens with two attached hydrogens (primary N) is 1. The summed E-state index contributed by atoms with van der Waals surface area (Å²) in [5.41, 5.74) is 9.59. The van der Waals surface area contributed by atoms with Gasteiger partial charge in [-0.1, -0.05) is 18.2 Å². The smallest absolute Gasteiger partial charge is 0.137 e. The van der Waals surface area contributed by atoms with Crippen molar-refractivity contribution in [2.24, 2.45) is 5.73 Å². The molecule has 0 aliphatic carbocycles. The molecule has 0 saturated carbocycles. The Morgan fingerprint density at radius 1 is 1.21 bits per heavy atom. The third-order valence-electron chi connectivity index (χ3n) is 3.22. The van der Waals surface area contributed by atoms with Crippen molar-refractivity contribution in [3.63, 3.8) is 0 Å². The first-order valence-electron chi connectivity index (χ1n) is 6.13. The molecule has 0 spiro atoms. The van der Waals surface area contributed by atoms with Crippen LogP contribution in [-0.4, -0.2) is 9.38 Å². The normalized spacial score (nSPS) is 11.1. The lowest BCUT2D eigenvalue weighted by Crippen LogP contribution is -1.99. The molecule has 0 aliphatic heterocycles. The van der Waals surface area contributed by atoms with E-state index in [0.29, 0.717) is 12.1 Å². The van der Waals surface area contributed by atoms with Crippen LogP contribution in [0.4, 0.5) is 4.39 Å². The third kappa shape index (κ3) is 1.90. The van der Waals surface area contributed by atoms with E-state index in [0.717, 1.165) is 22.6 Å². The summed E-state index contributed by atoms with van der Waals surface area (Å²) in [5, 5.41) is 0. The van der Waals surface area contributed by atoms with E-state index < -0.39 is 0 Å². The molecule has 2 N–H and O–H groups in total. The molecule has 3 nitrogen and oxygen atoms in total. The molecule has 0 unspecified atom stereocenters. The van der Waals surface area contributed by atoms with E-state index in [1.807, 2.05) is 35.7 Å². The van der Waals surface area contributed by atoms with Gasteiger partial charge >= 0.3 is 0 Å². The van der Waals surface area contributed by atoms with Crippen LogP contribution < -0.4 is 5.73 Å². The molecule has 0 saturated heterocycles. The second kappa shape index (κ2) is 4.48. The highest BCUT2D eigenvalue weighted by atomic mass is 19.1. The number of halogens is 1. The molecule has 2 aromatic heterocycles. The number of pyridine rings is 1. The van der Waals surface area contributed by atoms with E-state index in [4.69, 9.17) is 5.73 Å². The van der Waals surface area contributed by atoms with Gasteiger partial charge in [-0.2, -0.15) is 0 Å². The minimum Gasteiger partial charge on any atom is -0.326 e. The quantitative estimate of drug-likeness (QED) is 0.765. The van der Waals surface area contributed by atoms with Gasteiger partial charge in [0.2, 0.25) is 0 Å². The minimum atomic E-state index is -0.245. The van der Waals surface area contributed by atoms with E-state index in [1.165, 1.54) is 6.07 Å². The number of aromatic nitrogens is 2. The highest BCUT2D eigenvalue weighted by molar-refractivity contribution is 5.67. The first-order valence-corrected chi connectivity index (χ1v) is 6.13. The van der Waals surface area contributed by atoms with Crippen LogP contribution in [0.3, 0.4) is 0 Å². The Labute approximate surface area is 110 Å². The molecule has 4 heteroatoms. The summed E-state index contributed by atoms with van der Waals surface area (Å²) in [6.07, 6.45) is 1.91. The predicted octanol–water partition coefficient (Wildman–Crippen LogP) is 2.91. The van der Waals surface area contributed by atoms with E-state index in [2.05, 4.69) is 4.98 Å². The summed E-state index contributed by atoms with van der Waals surface area (Å²) in [7, 11) is 0. The van der Waals surface area contributed by atoms with Crippen molar-refractivity contribution < 1.29 is 4.39 Å². The second-order valence-electron chi connectivity index (χ2n) is 4.50. The summed E-state index contributed by atoms with van der Waals surface area (Å²) >= 11 is 0. The van der Waals surface area contributed by atoms with Gasteiger partial charge in [0.25, 0.3) is 0 Å². The summed E-state index contributed by atoms with van der Waals surface area (Å²) in [4.78, 5) is 4.46. The highest BCUT2D eigenvalue weighted by Gasteiger charge is 2.14. The lowest BCUT2D eigenvalue weighted by molar-refractivity contribution is 0.630. The van der Waals surface area contributed by atoms with E-state index in [1.54, 1.807) is 12.1 Å². The molecular weight excluding hydrogens is 241 g/mol. The number of aryl methyl sites for hydroxylation is 1. The van der Waals surface area contributed by atoms with Crippen LogP contribution in [0.15, 0.2) is 42.6 Å². The molecule has 3 aromatic rings. The molecule has 0 fully saturated rings. The molecule has 1 aromatic carbocycles. The van der Waals surface area contributed by atoms with Crippen LogP contribution in [0.5, 0.6) is 0 Å². The van der Waals surface area contributed by atoms with Crippen molar-refractivity contribution in [2.75, 3.05) is 0 Å². The van der Waals surface area contributed by atoms with E-state index in [9.17, 15) is 4.39 Å². The van der Waals surface area contributed by atoms with Gasteiger partial charge in [0.15, 0.2) is 0 Å². The topological polar surface area (TPSA) is 43.3 Å². The molecule has 2 heterocycles. The minimum absolute atomic E-state index is 0.245. The Morgan fingerprint density at radius 2 is 2.00 bits per heavy atom. The maximum absolute atomic E-state index is 14.0. The van der Waals surface area contributed by atoms with Gasteiger partial charge in [-0.25, -0.2) is 9.37 Å². The Balaban J connectivity index is 2.34. The van der Waals surface area contributed by atoms with E-state index in [-0.39, 0.29) is 5.82 Å². The summed E-state index contributed by atoms with van der Waals surface area (Å²) < 4.78 is 15.9. The molecule has 3 rings (SSSR count). The lowest BCUT2D eigenvalue weighted by Gasteiger charge is -2.06. The maximum atomic E-state index is 14.0. The third-order valence-corrected chi connectivity index (χ3v) is 3.22. The van der Waals surface area contributed by atoms with Crippen LogP contribution in [0, 0.1) is 12.7 Å². The summed E-state index contributed by atoms with van der Waals surface area (Å²) in [5.74, 6) is -0.245. The van der Waals surface area contributed by atoms with Crippen molar-refractivity contribution >= 4 is 5.65 Å². The van der Waals surface area contributed by atoms with Crippen molar-refractivity contribution in [1.29, 1.82) is 0 Å². The highest BCUT2D eigenvalue weighted by Crippen LogP contribution is 2.27. The van der Waals surface area contributed by atoms with Crippen LogP contribution in [0.2, 0.25) is 0 Å². The molecule has 19 heavy (non-hydrogen) atoms. The number of benzene rings is 1. The average Bonchev–Trinajstić information content (AvgIpc) is 2.74. The fourth-order valence-corrected chi connectivity index (χ4v) is 2.30. The van der Waals surface area contributed by atoms with Gasteiger partial charge in [0.05, 0.1) is 11.4 Å². The van der Waals surface area contributed by atoms with Gasteiger partial charge in [-0.15, -0.1) is 0 Å². The van der Waals surface area contributed by atoms with Gasteiger partial charge < -0.3 is 5.73 Å². The van der Waals surface area contributed by atoms with E-state index >= 15 is 0 Å². The lowest BCUT2D eigenvalue weighted by atomic mass is 10.1. The Kier molecular flexibility index (Phi) is 2.80. The predicted molar refractivity (Wildman–Crippen MR) is 73.2 cm³/mol. The number of imidazole rings is 1. The number of rotatable bonds is 2. The van der Waals surface area contributed by atoms with Crippen molar-refractivity contribution in [3.8, 4) is 11.3 Å². The molecule has 0 atom stereocenters. The van der Waals surface area contributed by atoms with Crippen LogP contribution in [-0.2, 0) is 6.54 Å². The molecule has 0 aliphatic rings. The Hall–Kier alpha value is -2.20. The second-order valence-corrected chi connectivity index (χ2v) is 4.50. The van der Waals surface area contributed by atoms with Gasteiger partial charge in [-0.3, -0.25) is 4.40 Å². The Bertz CT molecular complexity index is 746. The van der Waals surface area contributed by atoms with Crippen LogP contribution in [0.25, 0.3) is 16.9 Å². The van der Waals surface area contributed by atoms with Crippen molar-refractivity contribution in [2.45, 2.75) is 13.5 Å². The molecule has 0 bridgehead atoms. The summed E-state index contributed by atoms with van der Waals surface area (Å²) in [6, 6.07) is 10.6. The first kappa shape index (κ1) is 11.9. The molecule has 0 radical (unpaired) electrons. The number of hydrogen-bond donors (Lipinski definition) is 1. The molecule has 96 valence electrons. The monoisotopic (exact) mass is 255 g/mol. The number of fused-ring (bicyclic) bond motifs is 1. The average molecular weight is 255 g/mol. The van der Waals surface area contributed by atoms with Crippen molar-refractivity contribution in [1.82, 2.24) is 9.38 Å². The zero-order chi connectivity index (χ0) is 13.4. The van der Waals surface area contributed by atoms with Gasteiger partial charge in [0.1, 0.15) is 11.5 Å². The van der Waals surface area contributed by atoms with Gasteiger partial charge in [-0.05, 0) is 30.7 Å². The number of hydrogen-bond acceptors (Lipinski definition) is 2. The zero-order valence-electron chi connectivity index (χ0n) is 10.6. The van der Waals surface area contributed by atoms with Crippen molar-refractivity contribution in [3.05, 3.63) is 59.7 Å². The molecule has 0 amide bonds. The zero-order valence-corrected chi connectivity index (χ0v) is 10.6. The van der Waals surface area contributed by atoms with Crippen LogP contribution >= 0.6 is 0 Å².